The van der Waals surface area contributed by atoms with Gasteiger partial charge >= 0.3 is 5.97 Å². The molecular weight excluding hydrogens is 284 g/mol. The van der Waals surface area contributed by atoms with Crippen molar-refractivity contribution in [2.24, 2.45) is 0 Å². The van der Waals surface area contributed by atoms with Crippen LogP contribution in [0.3, 0.4) is 0 Å². The van der Waals surface area contributed by atoms with Gasteiger partial charge in [0.2, 0.25) is 0 Å². The number of nitro benzene ring substituents is 1. The molecular formula is C13H9ClN2O4. The molecule has 20 heavy (non-hydrogen) atoms. The number of hydrogen-bond donors (Lipinski definition) is 2. The minimum Gasteiger partial charge on any atom is -0.478 e. The highest BCUT2D eigenvalue weighted by Gasteiger charge is 2.15. The quantitative estimate of drug-likeness (QED) is 0.662. The predicted molar refractivity (Wildman–Crippen MR) is 74.8 cm³/mol. The summed E-state index contributed by atoms with van der Waals surface area (Å²) in [7, 11) is 0. The van der Waals surface area contributed by atoms with Crippen LogP contribution < -0.4 is 5.32 Å². The van der Waals surface area contributed by atoms with E-state index in [9.17, 15) is 14.9 Å². The number of aromatic carboxylic acids is 1. The molecule has 0 radical (unpaired) electrons. The van der Waals surface area contributed by atoms with Gasteiger partial charge in [-0.05, 0) is 30.3 Å². The zero-order chi connectivity index (χ0) is 14.7. The Hall–Kier alpha value is -2.60. The van der Waals surface area contributed by atoms with Crippen molar-refractivity contribution >= 4 is 34.6 Å². The second-order valence-electron chi connectivity index (χ2n) is 3.92. The highest BCUT2D eigenvalue weighted by molar-refractivity contribution is 6.30. The van der Waals surface area contributed by atoms with Crippen molar-refractivity contribution in [2.75, 3.05) is 5.32 Å². The van der Waals surface area contributed by atoms with Crippen LogP contribution in [0.25, 0.3) is 0 Å². The van der Waals surface area contributed by atoms with E-state index >= 15 is 0 Å². The van der Waals surface area contributed by atoms with Crippen LogP contribution in [0.4, 0.5) is 17.1 Å². The minimum absolute atomic E-state index is 0.0504. The maximum atomic E-state index is 11.1. The summed E-state index contributed by atoms with van der Waals surface area (Å²) in [5, 5.41) is 23.2. The molecule has 0 amide bonds. The molecule has 7 heteroatoms. The maximum Gasteiger partial charge on any atom is 0.337 e. The molecule has 2 rings (SSSR count). The highest BCUT2D eigenvalue weighted by atomic mass is 35.5. The van der Waals surface area contributed by atoms with E-state index in [1.54, 1.807) is 24.3 Å². The first-order valence-electron chi connectivity index (χ1n) is 5.51. The summed E-state index contributed by atoms with van der Waals surface area (Å²) in [6.45, 7) is 0. The summed E-state index contributed by atoms with van der Waals surface area (Å²) in [5.41, 5.74) is 0.489. The smallest absolute Gasteiger partial charge is 0.337 e. The van der Waals surface area contributed by atoms with Gasteiger partial charge in [-0.15, -0.1) is 0 Å². The molecule has 0 bridgehead atoms. The number of halogens is 1. The van der Waals surface area contributed by atoms with Gasteiger partial charge in [0.25, 0.3) is 5.69 Å². The maximum absolute atomic E-state index is 11.1. The fourth-order valence-corrected chi connectivity index (χ4v) is 1.75. The largest absolute Gasteiger partial charge is 0.478 e. The minimum atomic E-state index is -1.17. The number of nitrogens with zero attached hydrogens (tertiary/aromatic N) is 1. The van der Waals surface area contributed by atoms with Crippen molar-refractivity contribution in [1.29, 1.82) is 0 Å². The number of nitrogens with one attached hydrogen (secondary N) is 1. The van der Waals surface area contributed by atoms with Gasteiger partial charge < -0.3 is 10.4 Å². The van der Waals surface area contributed by atoms with Gasteiger partial charge in [-0.25, -0.2) is 4.79 Å². The van der Waals surface area contributed by atoms with Crippen LogP contribution in [0, 0.1) is 10.1 Å². The van der Waals surface area contributed by atoms with Crippen LogP contribution in [0.1, 0.15) is 10.4 Å². The van der Waals surface area contributed by atoms with Gasteiger partial charge in [-0.2, -0.15) is 0 Å². The molecule has 2 aromatic rings. The number of non-ortho nitro benzene ring substituents is 1. The molecule has 0 heterocycles. The lowest BCUT2D eigenvalue weighted by Gasteiger charge is -2.09. The molecule has 0 saturated carbocycles. The Morgan fingerprint density at radius 2 is 1.85 bits per heavy atom. The summed E-state index contributed by atoms with van der Waals surface area (Å²) in [6, 6.07) is 10.1. The van der Waals surface area contributed by atoms with Gasteiger partial charge in [0.05, 0.1) is 16.2 Å². The van der Waals surface area contributed by atoms with Crippen LogP contribution in [-0.4, -0.2) is 16.0 Å². The predicted octanol–water partition coefficient (Wildman–Crippen LogP) is 3.69. The number of rotatable bonds is 4. The standard InChI is InChI=1S/C13H9ClN2O4/c14-8-1-3-9(4-2-8)15-12-7-10(16(19)20)5-6-11(12)13(17)18/h1-7,15H,(H,17,18). The van der Waals surface area contributed by atoms with E-state index < -0.39 is 10.9 Å². The molecule has 2 aromatic carbocycles. The third-order valence-electron chi connectivity index (χ3n) is 2.57. The zero-order valence-corrected chi connectivity index (χ0v) is 10.8. The lowest BCUT2D eigenvalue weighted by atomic mass is 10.1. The number of hydrogen-bond acceptors (Lipinski definition) is 4. The van der Waals surface area contributed by atoms with Crippen molar-refractivity contribution in [1.82, 2.24) is 0 Å². The van der Waals surface area contributed by atoms with Gasteiger partial charge in [-0.1, -0.05) is 11.6 Å². The lowest BCUT2D eigenvalue weighted by Crippen LogP contribution is -2.03. The molecule has 2 N–H and O–H groups in total. The Kier molecular flexibility index (Phi) is 3.86. The Morgan fingerprint density at radius 3 is 2.40 bits per heavy atom. The SMILES string of the molecule is O=C(O)c1ccc([N+](=O)[O-])cc1Nc1ccc(Cl)cc1. The van der Waals surface area contributed by atoms with Crippen LogP contribution in [-0.2, 0) is 0 Å². The normalized spacial score (nSPS) is 10.1. The van der Waals surface area contributed by atoms with Gasteiger partial charge in [0.1, 0.15) is 0 Å². The monoisotopic (exact) mass is 292 g/mol. The van der Waals surface area contributed by atoms with Crippen LogP contribution in [0.2, 0.25) is 5.02 Å². The topological polar surface area (TPSA) is 92.5 Å². The third kappa shape index (κ3) is 3.04. The van der Waals surface area contributed by atoms with Crippen molar-refractivity contribution < 1.29 is 14.8 Å². The third-order valence-corrected chi connectivity index (χ3v) is 2.82. The molecule has 0 spiro atoms. The lowest BCUT2D eigenvalue weighted by molar-refractivity contribution is -0.384. The van der Waals surface area contributed by atoms with E-state index in [0.717, 1.165) is 6.07 Å². The summed E-state index contributed by atoms with van der Waals surface area (Å²) in [6.07, 6.45) is 0. The van der Waals surface area contributed by atoms with Gasteiger partial charge in [0, 0.05) is 22.8 Å². The number of nitro groups is 1. The Bertz CT molecular complexity index is 671. The van der Waals surface area contributed by atoms with E-state index in [0.29, 0.717) is 10.7 Å². The number of carboxylic acids is 1. The number of carbonyl (C=O) groups is 1. The van der Waals surface area contributed by atoms with Crippen molar-refractivity contribution in [3.8, 4) is 0 Å². The average Bonchev–Trinajstić information content (AvgIpc) is 2.41. The molecule has 0 aliphatic heterocycles. The summed E-state index contributed by atoms with van der Waals surface area (Å²) in [4.78, 5) is 21.3. The van der Waals surface area contributed by atoms with E-state index in [-0.39, 0.29) is 16.9 Å². The average molecular weight is 293 g/mol. The number of anilines is 2. The van der Waals surface area contributed by atoms with E-state index in [2.05, 4.69) is 5.32 Å². The molecule has 0 saturated heterocycles. The van der Waals surface area contributed by atoms with Crippen molar-refractivity contribution in [3.63, 3.8) is 0 Å². The molecule has 0 aliphatic carbocycles. The van der Waals surface area contributed by atoms with Gasteiger partial charge in [-0.3, -0.25) is 10.1 Å². The fraction of sp³-hybridized carbons (Fsp3) is 0. The molecule has 0 unspecified atom stereocenters. The molecule has 0 atom stereocenters. The number of benzene rings is 2. The molecule has 0 aliphatic rings. The van der Waals surface area contributed by atoms with Crippen LogP contribution in [0.5, 0.6) is 0 Å². The van der Waals surface area contributed by atoms with E-state index in [1.807, 2.05) is 0 Å². The first-order valence-corrected chi connectivity index (χ1v) is 5.89. The van der Waals surface area contributed by atoms with Crippen LogP contribution in [0.15, 0.2) is 42.5 Å². The first-order chi connectivity index (χ1) is 9.47. The van der Waals surface area contributed by atoms with Crippen molar-refractivity contribution in [2.45, 2.75) is 0 Å². The second-order valence-corrected chi connectivity index (χ2v) is 4.36. The Balaban J connectivity index is 2.41. The Morgan fingerprint density at radius 1 is 1.20 bits per heavy atom. The summed E-state index contributed by atoms with van der Waals surface area (Å²) < 4.78 is 0. The zero-order valence-electron chi connectivity index (χ0n) is 10.0. The number of carboxylic acid groups (broad SMARTS) is 1. The van der Waals surface area contributed by atoms with E-state index in [4.69, 9.17) is 16.7 Å². The summed E-state index contributed by atoms with van der Waals surface area (Å²) in [5.74, 6) is -1.17. The Labute approximate surface area is 118 Å². The molecule has 0 fully saturated rings. The summed E-state index contributed by atoms with van der Waals surface area (Å²) >= 11 is 5.75. The van der Waals surface area contributed by atoms with Crippen LogP contribution >= 0.6 is 11.6 Å². The second kappa shape index (κ2) is 5.58. The van der Waals surface area contributed by atoms with Gasteiger partial charge in [0.15, 0.2) is 0 Å². The highest BCUT2D eigenvalue weighted by Crippen LogP contribution is 2.26. The molecule has 6 nitrogen and oxygen atoms in total. The van der Waals surface area contributed by atoms with E-state index in [1.165, 1.54) is 12.1 Å². The first kappa shape index (κ1) is 13.8. The fourth-order valence-electron chi connectivity index (χ4n) is 1.62. The van der Waals surface area contributed by atoms with Crippen molar-refractivity contribution in [3.05, 3.63) is 63.2 Å². The molecule has 102 valence electrons. The molecule has 0 aromatic heterocycles.